The molecule has 2 N–H and O–H groups in total. The fourth-order valence-corrected chi connectivity index (χ4v) is 5.00. The summed E-state index contributed by atoms with van der Waals surface area (Å²) in [5, 5.41) is 4.62. The second kappa shape index (κ2) is 6.17. The number of hydrogen-bond acceptors (Lipinski definition) is 4. The summed E-state index contributed by atoms with van der Waals surface area (Å²) in [6, 6.07) is 7.06. The van der Waals surface area contributed by atoms with Gasteiger partial charge in [-0.05, 0) is 42.6 Å². The third-order valence-electron chi connectivity index (χ3n) is 3.10. The molecule has 0 amide bonds. The van der Waals surface area contributed by atoms with Crippen LogP contribution in [-0.2, 0) is 10.0 Å². The van der Waals surface area contributed by atoms with E-state index in [9.17, 15) is 8.42 Å². The first-order chi connectivity index (χ1) is 9.04. The first kappa shape index (κ1) is 16.0. The molecule has 110 valence electrons. The molecule has 1 aromatic carbocycles. The first-order valence-electron chi connectivity index (χ1n) is 5.97. The largest absolute Gasteiger partial charge is 0.315 e. The molecule has 1 aromatic heterocycles. The molecule has 1 saturated heterocycles. The third kappa shape index (κ3) is 3.27. The lowest BCUT2D eigenvalue weighted by molar-refractivity contribution is 0.562. The third-order valence-corrected chi connectivity index (χ3v) is 6.45. The van der Waals surface area contributed by atoms with E-state index in [4.69, 9.17) is 11.6 Å². The van der Waals surface area contributed by atoms with Gasteiger partial charge in [0.15, 0.2) is 0 Å². The summed E-state index contributed by atoms with van der Waals surface area (Å²) in [6.45, 7) is 1.55. The van der Waals surface area contributed by atoms with Crippen LogP contribution in [0.2, 0.25) is 5.02 Å². The summed E-state index contributed by atoms with van der Waals surface area (Å²) in [6.07, 6.45) is 0.829. The van der Waals surface area contributed by atoms with Gasteiger partial charge in [0.05, 0.1) is 0 Å². The zero-order valence-electron chi connectivity index (χ0n) is 10.4. The van der Waals surface area contributed by atoms with Crippen molar-refractivity contribution < 1.29 is 8.42 Å². The smallest absolute Gasteiger partial charge is 0.250 e. The molecule has 0 aliphatic carbocycles. The number of hydrogen-bond donors (Lipinski definition) is 2. The average Bonchev–Trinajstić information content (AvgIpc) is 2.96. The molecule has 0 saturated carbocycles. The van der Waals surface area contributed by atoms with Crippen LogP contribution in [0.1, 0.15) is 6.42 Å². The first-order valence-corrected chi connectivity index (χ1v) is 8.64. The Morgan fingerprint density at radius 3 is 2.85 bits per heavy atom. The van der Waals surface area contributed by atoms with Crippen LogP contribution in [0.3, 0.4) is 0 Å². The minimum atomic E-state index is -3.43. The van der Waals surface area contributed by atoms with Crippen LogP contribution in [0.15, 0.2) is 28.5 Å². The van der Waals surface area contributed by atoms with Crippen molar-refractivity contribution in [2.75, 3.05) is 13.1 Å². The van der Waals surface area contributed by atoms with Gasteiger partial charge in [0.1, 0.15) is 4.21 Å². The van der Waals surface area contributed by atoms with Crippen molar-refractivity contribution >= 4 is 55.5 Å². The fraction of sp³-hybridized carbons (Fsp3) is 0.333. The van der Waals surface area contributed by atoms with E-state index >= 15 is 0 Å². The molecule has 1 aliphatic heterocycles. The highest BCUT2D eigenvalue weighted by atomic mass is 35.5. The monoisotopic (exact) mass is 352 g/mol. The normalized spacial score (nSPS) is 19.1. The molecule has 1 atom stereocenters. The van der Waals surface area contributed by atoms with Crippen molar-refractivity contribution in [2.24, 2.45) is 0 Å². The lowest BCUT2D eigenvalue weighted by atomic mass is 10.3. The van der Waals surface area contributed by atoms with Gasteiger partial charge in [-0.25, -0.2) is 13.1 Å². The second-order valence-electron chi connectivity index (χ2n) is 4.56. The Morgan fingerprint density at radius 1 is 1.35 bits per heavy atom. The quantitative estimate of drug-likeness (QED) is 0.892. The van der Waals surface area contributed by atoms with Crippen LogP contribution in [0.4, 0.5) is 0 Å². The van der Waals surface area contributed by atoms with Gasteiger partial charge in [0.25, 0.3) is 0 Å². The minimum absolute atomic E-state index is 0. The summed E-state index contributed by atoms with van der Waals surface area (Å²) >= 11 is 7.18. The van der Waals surface area contributed by atoms with E-state index in [0.717, 1.165) is 23.1 Å². The second-order valence-corrected chi connectivity index (χ2v) is 8.02. The van der Waals surface area contributed by atoms with Crippen LogP contribution in [-0.4, -0.2) is 27.5 Å². The highest BCUT2D eigenvalue weighted by Crippen LogP contribution is 2.31. The standard InChI is InChI=1S/C12H13ClN2O2S2.ClH/c13-9-1-2-11-8(5-9)6-12(18-11)19(16,17)15-10-3-4-14-7-10;/h1-2,5-6,10,14-15H,3-4,7H2;1H. The summed E-state index contributed by atoms with van der Waals surface area (Å²) in [5.41, 5.74) is 0. The Kier molecular flexibility index (Phi) is 4.94. The topological polar surface area (TPSA) is 58.2 Å². The van der Waals surface area contributed by atoms with E-state index in [1.54, 1.807) is 18.2 Å². The molecule has 0 bridgehead atoms. The molecule has 8 heteroatoms. The maximum atomic E-state index is 12.3. The Labute approximate surface area is 133 Å². The molecular weight excluding hydrogens is 339 g/mol. The predicted octanol–water partition coefficient (Wildman–Crippen LogP) is 2.62. The van der Waals surface area contributed by atoms with Crippen molar-refractivity contribution in [2.45, 2.75) is 16.7 Å². The Bertz CT molecular complexity index is 709. The van der Waals surface area contributed by atoms with Crippen LogP contribution < -0.4 is 10.0 Å². The SMILES string of the molecule is Cl.O=S(=O)(NC1CCNC1)c1cc2cc(Cl)ccc2s1. The highest BCUT2D eigenvalue weighted by Gasteiger charge is 2.24. The van der Waals surface area contributed by atoms with Crippen LogP contribution in [0.5, 0.6) is 0 Å². The van der Waals surface area contributed by atoms with Crippen molar-refractivity contribution in [3.05, 3.63) is 29.3 Å². The molecule has 1 unspecified atom stereocenters. The van der Waals surface area contributed by atoms with Gasteiger partial charge in [-0.15, -0.1) is 23.7 Å². The van der Waals surface area contributed by atoms with E-state index in [1.165, 1.54) is 11.3 Å². The number of thiophene rings is 1. The zero-order chi connectivity index (χ0) is 13.5. The van der Waals surface area contributed by atoms with E-state index in [2.05, 4.69) is 10.0 Å². The molecule has 1 fully saturated rings. The van der Waals surface area contributed by atoms with Gasteiger partial charge in [0.2, 0.25) is 10.0 Å². The Balaban J connectivity index is 0.00000147. The van der Waals surface area contributed by atoms with Crippen molar-refractivity contribution in [1.29, 1.82) is 0 Å². The number of sulfonamides is 1. The van der Waals surface area contributed by atoms with Crippen molar-refractivity contribution in [3.63, 3.8) is 0 Å². The lowest BCUT2D eigenvalue weighted by Gasteiger charge is -2.10. The van der Waals surface area contributed by atoms with Gasteiger partial charge in [-0.2, -0.15) is 0 Å². The van der Waals surface area contributed by atoms with Gasteiger partial charge in [-0.3, -0.25) is 0 Å². The number of halogens is 2. The van der Waals surface area contributed by atoms with E-state index in [0.29, 0.717) is 15.8 Å². The molecule has 0 radical (unpaired) electrons. The summed E-state index contributed by atoms with van der Waals surface area (Å²) in [5.74, 6) is 0. The summed E-state index contributed by atoms with van der Waals surface area (Å²) in [4.78, 5) is 0. The van der Waals surface area contributed by atoms with Crippen LogP contribution >= 0.6 is 35.3 Å². The molecule has 4 nitrogen and oxygen atoms in total. The van der Waals surface area contributed by atoms with Crippen LogP contribution in [0, 0.1) is 0 Å². The molecule has 1 aliphatic rings. The lowest BCUT2D eigenvalue weighted by Crippen LogP contribution is -2.35. The van der Waals surface area contributed by atoms with Gasteiger partial charge in [0, 0.05) is 22.3 Å². The van der Waals surface area contributed by atoms with Crippen LogP contribution in [0.25, 0.3) is 10.1 Å². The molecule has 2 heterocycles. The Morgan fingerprint density at radius 2 is 2.15 bits per heavy atom. The Hall–Kier alpha value is -0.370. The van der Waals surface area contributed by atoms with Crippen molar-refractivity contribution in [1.82, 2.24) is 10.0 Å². The minimum Gasteiger partial charge on any atom is -0.315 e. The van der Waals surface area contributed by atoms with E-state index in [1.807, 2.05) is 6.07 Å². The van der Waals surface area contributed by atoms with Gasteiger partial charge < -0.3 is 5.32 Å². The predicted molar refractivity (Wildman–Crippen MR) is 85.7 cm³/mol. The zero-order valence-corrected chi connectivity index (χ0v) is 13.6. The number of benzene rings is 1. The molecule has 3 rings (SSSR count). The molecule has 2 aromatic rings. The number of fused-ring (bicyclic) bond motifs is 1. The summed E-state index contributed by atoms with van der Waals surface area (Å²) in [7, 11) is -3.43. The fourth-order valence-electron chi connectivity index (χ4n) is 2.16. The summed E-state index contributed by atoms with van der Waals surface area (Å²) < 4.78 is 28.6. The maximum Gasteiger partial charge on any atom is 0.250 e. The number of rotatable bonds is 3. The van der Waals surface area contributed by atoms with E-state index < -0.39 is 10.0 Å². The van der Waals surface area contributed by atoms with Gasteiger partial charge in [-0.1, -0.05) is 11.6 Å². The van der Waals surface area contributed by atoms with Gasteiger partial charge >= 0.3 is 0 Å². The van der Waals surface area contributed by atoms with Crippen molar-refractivity contribution in [3.8, 4) is 0 Å². The van der Waals surface area contributed by atoms with E-state index in [-0.39, 0.29) is 18.4 Å². The number of nitrogens with one attached hydrogen (secondary N) is 2. The molecule has 20 heavy (non-hydrogen) atoms. The average molecular weight is 353 g/mol. The molecule has 0 spiro atoms. The highest BCUT2D eigenvalue weighted by molar-refractivity contribution is 7.91. The maximum absolute atomic E-state index is 12.3. The molecular formula is C12H14Cl2N2O2S2.